The molecule has 1 aliphatic heterocycles. The fourth-order valence-electron chi connectivity index (χ4n) is 3.51. The Morgan fingerprint density at radius 3 is 2.69 bits per heavy atom. The van der Waals surface area contributed by atoms with Crippen molar-refractivity contribution in [2.24, 2.45) is 0 Å². The van der Waals surface area contributed by atoms with Crippen molar-refractivity contribution in [1.82, 2.24) is 19.4 Å². The van der Waals surface area contributed by atoms with E-state index in [1.165, 1.54) is 6.42 Å². The molecule has 26 heavy (non-hydrogen) atoms. The number of hydrogen-bond acceptors (Lipinski definition) is 4. The minimum absolute atomic E-state index is 0.0781. The predicted molar refractivity (Wildman–Crippen MR) is 99.9 cm³/mol. The van der Waals surface area contributed by atoms with Gasteiger partial charge in [0.2, 0.25) is 0 Å². The molecular weight excluding hydrogens is 328 g/mol. The van der Waals surface area contributed by atoms with Crippen LogP contribution in [0.2, 0.25) is 0 Å². The highest BCUT2D eigenvalue weighted by atomic mass is 16.5. The van der Waals surface area contributed by atoms with Gasteiger partial charge in [-0.3, -0.25) is 14.3 Å². The molecular formula is C20H22N4O2. The number of methoxy groups -OCH3 is 1. The van der Waals surface area contributed by atoms with Crippen molar-refractivity contribution in [3.63, 3.8) is 0 Å². The van der Waals surface area contributed by atoms with Gasteiger partial charge in [-0.05, 0) is 37.8 Å². The molecule has 4 rings (SSSR count). The smallest absolute Gasteiger partial charge is 0.255 e. The standard InChI is InChI=1S/C20H22N4O2/c1-14-13-24(16-9-17(26-2)12-21-11-16)19-18(14)8-15(10-22-19)20(25)23-6-4-3-5-7-23/h8-13H,3-7H2,1-2H3. The normalized spacial score (nSPS) is 14.6. The van der Waals surface area contributed by atoms with E-state index in [0.717, 1.165) is 48.2 Å². The summed E-state index contributed by atoms with van der Waals surface area (Å²) in [5.41, 5.74) is 3.42. The third kappa shape index (κ3) is 2.92. The molecule has 0 spiro atoms. The molecule has 3 aromatic heterocycles. The lowest BCUT2D eigenvalue weighted by atomic mass is 10.1. The van der Waals surface area contributed by atoms with Gasteiger partial charge < -0.3 is 9.64 Å². The average Bonchev–Trinajstić information content (AvgIpc) is 3.04. The van der Waals surface area contributed by atoms with Crippen LogP contribution in [-0.2, 0) is 0 Å². The highest BCUT2D eigenvalue weighted by molar-refractivity contribution is 5.97. The molecule has 1 amide bonds. The number of aryl methyl sites for hydroxylation is 1. The van der Waals surface area contributed by atoms with Crippen molar-refractivity contribution in [1.29, 1.82) is 0 Å². The summed E-state index contributed by atoms with van der Waals surface area (Å²) in [7, 11) is 1.62. The third-order valence-electron chi connectivity index (χ3n) is 4.95. The second-order valence-electron chi connectivity index (χ2n) is 6.71. The second-order valence-corrected chi connectivity index (χ2v) is 6.71. The number of aromatic nitrogens is 3. The maximum atomic E-state index is 12.8. The van der Waals surface area contributed by atoms with Crippen LogP contribution < -0.4 is 4.74 Å². The fraction of sp³-hybridized carbons (Fsp3) is 0.350. The first-order chi connectivity index (χ1) is 12.7. The van der Waals surface area contributed by atoms with Crippen LogP contribution in [0.25, 0.3) is 16.7 Å². The van der Waals surface area contributed by atoms with Crippen LogP contribution in [0.4, 0.5) is 0 Å². The van der Waals surface area contributed by atoms with E-state index in [-0.39, 0.29) is 5.91 Å². The highest BCUT2D eigenvalue weighted by Gasteiger charge is 2.20. The molecule has 0 unspecified atom stereocenters. The van der Waals surface area contributed by atoms with E-state index in [0.29, 0.717) is 11.3 Å². The fourth-order valence-corrected chi connectivity index (χ4v) is 3.51. The summed E-state index contributed by atoms with van der Waals surface area (Å²) in [4.78, 5) is 23.5. The lowest BCUT2D eigenvalue weighted by Gasteiger charge is -2.26. The zero-order chi connectivity index (χ0) is 18.1. The minimum Gasteiger partial charge on any atom is -0.495 e. The summed E-state index contributed by atoms with van der Waals surface area (Å²) in [6, 6.07) is 3.87. The molecule has 1 fully saturated rings. The number of amides is 1. The lowest BCUT2D eigenvalue weighted by molar-refractivity contribution is 0.0724. The molecule has 0 radical (unpaired) electrons. The summed E-state index contributed by atoms with van der Waals surface area (Å²) in [5, 5.41) is 0.982. The zero-order valence-electron chi connectivity index (χ0n) is 15.1. The van der Waals surface area contributed by atoms with Crippen molar-refractivity contribution in [2.75, 3.05) is 20.2 Å². The minimum atomic E-state index is 0.0781. The quantitative estimate of drug-likeness (QED) is 0.727. The van der Waals surface area contributed by atoms with Crippen LogP contribution in [0.1, 0.15) is 35.2 Å². The molecule has 0 saturated carbocycles. The van der Waals surface area contributed by atoms with Gasteiger partial charge in [0.25, 0.3) is 5.91 Å². The van der Waals surface area contributed by atoms with E-state index in [9.17, 15) is 4.79 Å². The zero-order valence-corrected chi connectivity index (χ0v) is 15.1. The number of nitrogens with zero attached hydrogens (tertiary/aromatic N) is 4. The Morgan fingerprint density at radius 1 is 1.12 bits per heavy atom. The van der Waals surface area contributed by atoms with E-state index < -0.39 is 0 Å². The topological polar surface area (TPSA) is 60.3 Å². The number of piperidine rings is 1. The predicted octanol–water partition coefficient (Wildman–Crippen LogP) is 3.36. The summed E-state index contributed by atoms with van der Waals surface area (Å²) in [6.07, 6.45) is 10.5. The molecule has 0 atom stereocenters. The van der Waals surface area contributed by atoms with Gasteiger partial charge in [-0.2, -0.15) is 0 Å². The molecule has 134 valence electrons. The van der Waals surface area contributed by atoms with Crippen molar-refractivity contribution >= 4 is 16.9 Å². The first-order valence-corrected chi connectivity index (χ1v) is 8.94. The van der Waals surface area contributed by atoms with Crippen molar-refractivity contribution in [3.05, 3.63) is 48.0 Å². The summed E-state index contributed by atoms with van der Waals surface area (Å²) in [6.45, 7) is 3.71. The first kappa shape index (κ1) is 16.6. The van der Waals surface area contributed by atoms with Crippen LogP contribution in [0.3, 0.4) is 0 Å². The molecule has 0 bridgehead atoms. The SMILES string of the molecule is COc1cncc(-n2cc(C)c3cc(C(=O)N4CCCCC4)cnc32)c1. The number of carbonyl (C=O) groups is 1. The van der Waals surface area contributed by atoms with E-state index in [1.807, 2.05) is 34.7 Å². The highest BCUT2D eigenvalue weighted by Crippen LogP contribution is 2.25. The molecule has 0 aromatic carbocycles. The van der Waals surface area contributed by atoms with Crippen LogP contribution >= 0.6 is 0 Å². The Morgan fingerprint density at radius 2 is 1.92 bits per heavy atom. The van der Waals surface area contributed by atoms with Gasteiger partial charge in [-0.1, -0.05) is 0 Å². The van der Waals surface area contributed by atoms with Gasteiger partial charge >= 0.3 is 0 Å². The molecule has 3 aromatic rings. The maximum Gasteiger partial charge on any atom is 0.255 e. The maximum absolute atomic E-state index is 12.8. The average molecular weight is 350 g/mol. The Bertz CT molecular complexity index is 958. The largest absolute Gasteiger partial charge is 0.495 e. The van der Waals surface area contributed by atoms with Crippen LogP contribution in [0, 0.1) is 6.92 Å². The molecule has 1 saturated heterocycles. The van der Waals surface area contributed by atoms with Gasteiger partial charge in [-0.25, -0.2) is 4.98 Å². The number of fused-ring (bicyclic) bond motifs is 1. The third-order valence-corrected chi connectivity index (χ3v) is 4.95. The van der Waals surface area contributed by atoms with Gasteiger partial charge in [0.15, 0.2) is 0 Å². The Balaban J connectivity index is 1.73. The van der Waals surface area contributed by atoms with Crippen LogP contribution in [-0.4, -0.2) is 45.5 Å². The number of ether oxygens (including phenoxy) is 1. The summed E-state index contributed by atoms with van der Waals surface area (Å²) >= 11 is 0. The van der Waals surface area contributed by atoms with E-state index in [1.54, 1.807) is 25.7 Å². The number of pyridine rings is 2. The Labute approximate surface area is 152 Å². The van der Waals surface area contributed by atoms with E-state index in [2.05, 4.69) is 9.97 Å². The van der Waals surface area contributed by atoms with E-state index in [4.69, 9.17) is 4.74 Å². The van der Waals surface area contributed by atoms with Crippen molar-refractivity contribution in [3.8, 4) is 11.4 Å². The van der Waals surface area contributed by atoms with E-state index >= 15 is 0 Å². The molecule has 6 heteroatoms. The summed E-state index contributed by atoms with van der Waals surface area (Å²) in [5.74, 6) is 0.771. The number of likely N-dealkylation sites (tertiary alicyclic amines) is 1. The van der Waals surface area contributed by atoms with Crippen molar-refractivity contribution in [2.45, 2.75) is 26.2 Å². The van der Waals surface area contributed by atoms with Gasteiger partial charge in [-0.15, -0.1) is 0 Å². The van der Waals surface area contributed by atoms with Crippen LogP contribution in [0.5, 0.6) is 5.75 Å². The lowest BCUT2D eigenvalue weighted by Crippen LogP contribution is -2.35. The molecule has 6 nitrogen and oxygen atoms in total. The molecule has 1 aliphatic rings. The van der Waals surface area contributed by atoms with Gasteiger partial charge in [0.1, 0.15) is 11.4 Å². The molecule has 0 N–H and O–H groups in total. The number of hydrogen-bond donors (Lipinski definition) is 0. The second kappa shape index (κ2) is 6.78. The van der Waals surface area contributed by atoms with Crippen LogP contribution in [0.15, 0.2) is 36.9 Å². The van der Waals surface area contributed by atoms with Gasteiger partial charge in [0.05, 0.1) is 30.8 Å². The van der Waals surface area contributed by atoms with Gasteiger partial charge in [0, 0.05) is 36.9 Å². The molecule has 4 heterocycles. The molecule has 0 aliphatic carbocycles. The van der Waals surface area contributed by atoms with Crippen molar-refractivity contribution < 1.29 is 9.53 Å². The Kier molecular flexibility index (Phi) is 4.32. The summed E-state index contributed by atoms with van der Waals surface area (Å²) < 4.78 is 7.25. The Hall–Kier alpha value is -2.89. The first-order valence-electron chi connectivity index (χ1n) is 8.94. The number of rotatable bonds is 3. The monoisotopic (exact) mass is 350 g/mol. The number of carbonyl (C=O) groups excluding carboxylic acids is 1.